The topological polar surface area (TPSA) is 283 Å². The number of hydrogen-bond acceptors (Lipinski definition) is 14. The standard InChI is InChI=1S/C37H44Cl2N8O11S3/c1-24(48)42-33-20-26(46(14-5-7-16-59(49,50)51)15-6-8-17-60(52,53)54)12-13-32(33)43-44-36-29(22-40)35(37(2,3)4)45-47(36)34-30(38)18-25(19-31(34)39)41-23-58-27-10-9-11-28(21-27)61(55,56)57/h9-13,18-21,41H,5-8,14-17,23H2,1-4H3,(H,42,48)(H,49,50,51)(H,52,53,54)(H,55,56,57). The zero-order valence-electron chi connectivity index (χ0n) is 33.3. The first-order chi connectivity index (χ1) is 28.4. The van der Waals surface area contributed by atoms with Crippen LogP contribution in [0.25, 0.3) is 5.69 Å². The third-order valence-corrected chi connectivity index (χ3v) is 11.6. The van der Waals surface area contributed by atoms with Gasteiger partial charge in [0.25, 0.3) is 30.4 Å². The van der Waals surface area contributed by atoms with Crippen molar-refractivity contribution in [2.75, 3.05) is 46.9 Å². The van der Waals surface area contributed by atoms with Gasteiger partial charge in [-0.1, -0.05) is 50.0 Å². The first-order valence-electron chi connectivity index (χ1n) is 18.3. The molecule has 24 heteroatoms. The molecule has 1 aromatic heterocycles. The average Bonchev–Trinajstić information content (AvgIpc) is 3.50. The van der Waals surface area contributed by atoms with E-state index in [0.717, 1.165) is 6.07 Å². The van der Waals surface area contributed by atoms with E-state index in [1.165, 1.54) is 41.9 Å². The Balaban J connectivity index is 1.71. The maximum atomic E-state index is 12.4. The summed E-state index contributed by atoms with van der Waals surface area (Å²) in [6.45, 7) is 7.22. The molecular formula is C37H44Cl2N8O11S3. The summed E-state index contributed by atoms with van der Waals surface area (Å²) in [7, 11) is -12.8. The Kier molecular flexibility index (Phi) is 16.3. The molecule has 0 radical (unpaired) electrons. The van der Waals surface area contributed by atoms with Gasteiger partial charge >= 0.3 is 0 Å². The molecule has 0 aliphatic carbocycles. The van der Waals surface area contributed by atoms with E-state index in [4.69, 9.17) is 42.1 Å². The van der Waals surface area contributed by atoms with Gasteiger partial charge in [0.2, 0.25) is 5.91 Å². The predicted molar refractivity (Wildman–Crippen MR) is 231 cm³/mol. The van der Waals surface area contributed by atoms with Crippen LogP contribution in [0.15, 0.2) is 69.7 Å². The van der Waals surface area contributed by atoms with Crippen LogP contribution in [-0.2, 0) is 40.6 Å². The number of rotatable bonds is 20. The molecule has 0 saturated heterocycles. The summed E-state index contributed by atoms with van der Waals surface area (Å²) in [5.74, 6) is -1.26. The van der Waals surface area contributed by atoms with E-state index in [-0.39, 0.29) is 81.8 Å². The number of nitriles is 1. The van der Waals surface area contributed by atoms with E-state index in [1.54, 1.807) is 18.2 Å². The van der Waals surface area contributed by atoms with Gasteiger partial charge in [-0.2, -0.15) is 35.6 Å². The second-order valence-corrected chi connectivity index (χ2v) is 20.0. The van der Waals surface area contributed by atoms with Gasteiger partial charge in [0.05, 0.1) is 37.8 Å². The highest BCUT2D eigenvalue weighted by Crippen LogP contribution is 2.40. The molecule has 19 nitrogen and oxygen atoms in total. The molecule has 0 spiro atoms. The smallest absolute Gasteiger partial charge is 0.294 e. The number of carbonyl (C=O) groups excluding carboxylic acids is 1. The van der Waals surface area contributed by atoms with Crippen LogP contribution in [0.4, 0.5) is 28.6 Å². The quantitative estimate of drug-likeness (QED) is 0.0247. The highest BCUT2D eigenvalue weighted by atomic mass is 35.5. The van der Waals surface area contributed by atoms with Crippen LogP contribution in [0.1, 0.15) is 64.6 Å². The molecular weight excluding hydrogens is 900 g/mol. The summed E-state index contributed by atoms with van der Waals surface area (Å²) >= 11 is 13.6. The van der Waals surface area contributed by atoms with E-state index in [2.05, 4.69) is 26.9 Å². The van der Waals surface area contributed by atoms with Crippen LogP contribution in [0, 0.1) is 11.3 Å². The Morgan fingerprint density at radius 2 is 1.51 bits per heavy atom. The second kappa shape index (κ2) is 20.3. The fourth-order valence-electron chi connectivity index (χ4n) is 5.83. The number of aromatic nitrogens is 2. The van der Waals surface area contributed by atoms with Gasteiger partial charge in [0.1, 0.15) is 28.8 Å². The third-order valence-electron chi connectivity index (χ3n) is 8.60. The molecule has 5 N–H and O–H groups in total. The molecule has 0 saturated carbocycles. The van der Waals surface area contributed by atoms with Crippen LogP contribution in [0.5, 0.6) is 5.75 Å². The number of benzene rings is 3. The minimum absolute atomic E-state index is 0.0452. The SMILES string of the molecule is CC(=O)Nc1cc(N(CCCCS(=O)(=O)O)CCCCS(=O)(=O)O)ccc1N=Nc1c(C#N)c(C(C)(C)C)nn1-c1c(Cl)cc(NCOc2cccc(S(=O)(=O)O)c2)cc1Cl. The minimum atomic E-state index is -4.45. The summed E-state index contributed by atoms with van der Waals surface area (Å²) in [4.78, 5) is 13.9. The lowest BCUT2D eigenvalue weighted by molar-refractivity contribution is -0.114. The van der Waals surface area contributed by atoms with Crippen molar-refractivity contribution in [3.8, 4) is 17.5 Å². The largest absolute Gasteiger partial charge is 0.473 e. The molecule has 1 amide bonds. The van der Waals surface area contributed by atoms with Gasteiger partial charge in [0, 0.05) is 42.9 Å². The van der Waals surface area contributed by atoms with E-state index in [9.17, 15) is 39.9 Å². The molecule has 61 heavy (non-hydrogen) atoms. The molecule has 0 atom stereocenters. The molecule has 330 valence electrons. The number of amides is 1. The van der Waals surface area contributed by atoms with Gasteiger partial charge in [0.15, 0.2) is 12.5 Å². The maximum Gasteiger partial charge on any atom is 0.294 e. The van der Waals surface area contributed by atoms with E-state index in [1.807, 2.05) is 25.7 Å². The number of nitrogens with zero attached hydrogens (tertiary/aromatic N) is 6. The van der Waals surface area contributed by atoms with Crippen molar-refractivity contribution in [1.82, 2.24) is 9.78 Å². The zero-order chi connectivity index (χ0) is 45.3. The van der Waals surface area contributed by atoms with Crippen molar-refractivity contribution in [3.05, 3.63) is 75.9 Å². The number of hydrogen-bond donors (Lipinski definition) is 5. The van der Waals surface area contributed by atoms with Crippen molar-refractivity contribution in [2.45, 2.75) is 63.7 Å². The molecule has 1 heterocycles. The first kappa shape index (κ1) is 48.8. The minimum Gasteiger partial charge on any atom is -0.473 e. The summed E-state index contributed by atoms with van der Waals surface area (Å²) in [5, 5.41) is 29.8. The van der Waals surface area contributed by atoms with Crippen molar-refractivity contribution in [2.24, 2.45) is 10.2 Å². The van der Waals surface area contributed by atoms with Crippen LogP contribution in [-0.4, -0.2) is 85.9 Å². The number of carbonyl (C=O) groups is 1. The number of halogens is 2. The fourth-order valence-corrected chi connectivity index (χ4v) is 8.13. The third kappa shape index (κ3) is 14.6. The molecule has 0 bridgehead atoms. The number of azo groups is 1. The highest BCUT2D eigenvalue weighted by Gasteiger charge is 2.29. The van der Waals surface area contributed by atoms with E-state index >= 15 is 0 Å². The van der Waals surface area contributed by atoms with Crippen molar-refractivity contribution in [3.63, 3.8) is 0 Å². The lowest BCUT2D eigenvalue weighted by Gasteiger charge is -2.26. The number of ether oxygens (including phenoxy) is 1. The first-order valence-corrected chi connectivity index (χ1v) is 23.7. The van der Waals surface area contributed by atoms with Gasteiger partial charge in [-0.05, 0) is 68.1 Å². The molecule has 0 unspecified atom stereocenters. The van der Waals surface area contributed by atoms with Crippen LogP contribution < -0.4 is 20.3 Å². The van der Waals surface area contributed by atoms with Crippen molar-refractivity contribution in [1.29, 1.82) is 5.26 Å². The van der Waals surface area contributed by atoms with E-state index in [0.29, 0.717) is 29.9 Å². The Morgan fingerprint density at radius 1 is 0.902 bits per heavy atom. The Hall–Kier alpha value is -4.86. The number of anilines is 3. The summed E-state index contributed by atoms with van der Waals surface area (Å²) in [6.07, 6.45) is 0.927. The average molecular weight is 944 g/mol. The monoisotopic (exact) mass is 942 g/mol. The lowest BCUT2D eigenvalue weighted by atomic mass is 9.90. The van der Waals surface area contributed by atoms with E-state index < -0.39 is 53.2 Å². The second-order valence-electron chi connectivity index (χ2n) is 14.6. The fraction of sp³-hybridized carbons (Fsp3) is 0.378. The Labute approximate surface area is 364 Å². The summed E-state index contributed by atoms with van der Waals surface area (Å²) in [5.41, 5.74) is 1.16. The number of nitrogens with one attached hydrogen (secondary N) is 2. The van der Waals surface area contributed by atoms with Crippen molar-refractivity contribution < 1.29 is 48.4 Å². The van der Waals surface area contributed by atoms with Crippen LogP contribution >= 0.6 is 23.2 Å². The maximum absolute atomic E-state index is 12.4. The highest BCUT2D eigenvalue weighted by molar-refractivity contribution is 7.86. The molecule has 4 aromatic rings. The summed E-state index contributed by atoms with van der Waals surface area (Å²) in [6, 6.07) is 15.2. The molecule has 0 aliphatic rings. The predicted octanol–water partition coefficient (Wildman–Crippen LogP) is 7.56. The molecule has 0 fully saturated rings. The normalized spacial score (nSPS) is 12.3. The Bertz CT molecular complexity index is 2600. The Morgan fingerprint density at radius 3 is 2.03 bits per heavy atom. The van der Waals surface area contributed by atoms with Crippen molar-refractivity contribution >= 4 is 88.0 Å². The van der Waals surface area contributed by atoms with Gasteiger partial charge in [-0.15, -0.1) is 10.2 Å². The van der Waals surface area contributed by atoms with Crippen LogP contribution in [0.3, 0.4) is 0 Å². The zero-order valence-corrected chi connectivity index (χ0v) is 37.3. The molecule has 3 aromatic carbocycles. The number of unbranched alkanes of at least 4 members (excludes halogenated alkanes) is 2. The van der Waals surface area contributed by atoms with Gasteiger partial charge < -0.3 is 20.3 Å². The molecule has 4 rings (SSSR count). The lowest BCUT2D eigenvalue weighted by Crippen LogP contribution is -2.26. The molecule has 0 aliphatic heterocycles. The van der Waals surface area contributed by atoms with Gasteiger partial charge in [-0.25, -0.2) is 4.68 Å². The van der Waals surface area contributed by atoms with Gasteiger partial charge in [-0.3, -0.25) is 18.5 Å². The summed E-state index contributed by atoms with van der Waals surface area (Å²) < 4.78 is 103. The van der Waals surface area contributed by atoms with Crippen LogP contribution in [0.2, 0.25) is 10.0 Å².